The maximum Gasteiger partial charge on any atom is 0.416 e. The summed E-state index contributed by atoms with van der Waals surface area (Å²) in [6.07, 6.45) is -3.77. The molecule has 1 N–H and O–H groups in total. The summed E-state index contributed by atoms with van der Waals surface area (Å²) in [7, 11) is -2.43. The van der Waals surface area contributed by atoms with Crippen LogP contribution in [0.25, 0.3) is 0 Å². The lowest BCUT2D eigenvalue weighted by atomic mass is 10.2. The number of nitrogens with one attached hydrogen (secondary N) is 1. The Bertz CT molecular complexity index is 1060. The standard InChI is InChI=1S/C21H24ClF3N2O5S/c1-31-18-6-3-4-7-19(18)32-13-11-26-20(28)8-5-12-27(33(2,29)30)17-14-15(21(23,24)25)9-10-16(17)22/h3-4,6-7,9-10,14H,5,8,11-13H2,1-2H3,(H,26,28). The molecular weight excluding hydrogens is 485 g/mol. The van der Waals surface area contributed by atoms with Gasteiger partial charge in [0.25, 0.3) is 0 Å². The lowest BCUT2D eigenvalue weighted by Gasteiger charge is -2.24. The molecule has 0 saturated carbocycles. The minimum Gasteiger partial charge on any atom is -0.493 e. The third-order valence-corrected chi connectivity index (χ3v) is 5.96. The van der Waals surface area contributed by atoms with E-state index in [4.69, 9.17) is 21.1 Å². The van der Waals surface area contributed by atoms with Crippen molar-refractivity contribution in [2.75, 3.05) is 37.4 Å². The molecule has 0 atom stereocenters. The van der Waals surface area contributed by atoms with Crippen molar-refractivity contribution in [3.05, 3.63) is 53.1 Å². The molecule has 2 aromatic carbocycles. The zero-order valence-corrected chi connectivity index (χ0v) is 19.6. The van der Waals surface area contributed by atoms with Crippen molar-refractivity contribution in [3.63, 3.8) is 0 Å². The fraction of sp³-hybridized carbons (Fsp3) is 0.381. The first-order valence-electron chi connectivity index (χ1n) is 9.80. The molecule has 0 aliphatic heterocycles. The van der Waals surface area contributed by atoms with Crippen LogP contribution in [0.4, 0.5) is 18.9 Å². The topological polar surface area (TPSA) is 84.9 Å². The SMILES string of the molecule is COc1ccccc1OCCNC(=O)CCCN(c1cc(C(F)(F)F)ccc1Cl)S(C)(=O)=O. The molecular formula is C21H24ClF3N2O5S. The van der Waals surface area contributed by atoms with Crippen LogP contribution in [0.1, 0.15) is 18.4 Å². The van der Waals surface area contributed by atoms with Gasteiger partial charge in [0, 0.05) is 13.0 Å². The highest BCUT2D eigenvalue weighted by molar-refractivity contribution is 7.92. The average Bonchev–Trinajstić information content (AvgIpc) is 2.73. The Balaban J connectivity index is 1.90. The number of alkyl halides is 3. The van der Waals surface area contributed by atoms with Gasteiger partial charge in [0.1, 0.15) is 6.61 Å². The van der Waals surface area contributed by atoms with Crippen molar-refractivity contribution in [2.45, 2.75) is 19.0 Å². The average molecular weight is 509 g/mol. The maximum absolute atomic E-state index is 13.0. The normalized spacial score (nSPS) is 11.7. The molecule has 0 unspecified atom stereocenters. The third kappa shape index (κ3) is 8.01. The van der Waals surface area contributed by atoms with Crippen molar-refractivity contribution in [2.24, 2.45) is 0 Å². The van der Waals surface area contributed by atoms with E-state index in [1.54, 1.807) is 24.3 Å². The predicted molar refractivity (Wildman–Crippen MR) is 119 cm³/mol. The molecule has 0 aromatic heterocycles. The highest BCUT2D eigenvalue weighted by Gasteiger charge is 2.32. The fourth-order valence-electron chi connectivity index (χ4n) is 2.91. The molecule has 0 fully saturated rings. The van der Waals surface area contributed by atoms with Gasteiger partial charge in [0.15, 0.2) is 11.5 Å². The van der Waals surface area contributed by atoms with Crippen LogP contribution < -0.4 is 19.1 Å². The van der Waals surface area contributed by atoms with Crippen LogP contribution in [0.2, 0.25) is 5.02 Å². The number of ether oxygens (including phenoxy) is 2. The van der Waals surface area contributed by atoms with Crippen LogP contribution in [-0.4, -0.2) is 47.4 Å². The van der Waals surface area contributed by atoms with Gasteiger partial charge in [0.05, 0.1) is 36.2 Å². The molecule has 0 aliphatic rings. The molecule has 2 aromatic rings. The number of nitrogens with zero attached hydrogens (tertiary/aromatic N) is 1. The highest BCUT2D eigenvalue weighted by atomic mass is 35.5. The highest BCUT2D eigenvalue weighted by Crippen LogP contribution is 2.36. The zero-order chi connectivity index (χ0) is 24.6. The molecule has 1 amide bonds. The van der Waals surface area contributed by atoms with Crippen LogP contribution in [0, 0.1) is 0 Å². The second-order valence-electron chi connectivity index (χ2n) is 6.95. The molecule has 12 heteroatoms. The molecule has 0 radical (unpaired) electrons. The maximum atomic E-state index is 13.0. The van der Waals surface area contributed by atoms with E-state index >= 15 is 0 Å². The third-order valence-electron chi connectivity index (χ3n) is 4.46. The number of carbonyl (C=O) groups is 1. The van der Waals surface area contributed by atoms with E-state index in [1.165, 1.54) is 7.11 Å². The van der Waals surface area contributed by atoms with Gasteiger partial charge in [-0.25, -0.2) is 8.42 Å². The van der Waals surface area contributed by atoms with Crippen LogP contribution in [0.15, 0.2) is 42.5 Å². The van der Waals surface area contributed by atoms with Crippen molar-refractivity contribution in [1.29, 1.82) is 0 Å². The van der Waals surface area contributed by atoms with E-state index in [0.29, 0.717) is 17.6 Å². The summed E-state index contributed by atoms with van der Waals surface area (Å²) < 4.78 is 74.9. The Morgan fingerprint density at radius 2 is 1.82 bits per heavy atom. The van der Waals surface area contributed by atoms with Crippen molar-refractivity contribution < 1.29 is 35.9 Å². The number of halogens is 4. The van der Waals surface area contributed by atoms with Gasteiger partial charge in [-0.1, -0.05) is 23.7 Å². The van der Waals surface area contributed by atoms with Crippen molar-refractivity contribution in [3.8, 4) is 11.5 Å². The van der Waals surface area contributed by atoms with Crippen LogP contribution in [0.3, 0.4) is 0 Å². The molecule has 0 spiro atoms. The predicted octanol–water partition coefficient (Wildman–Crippen LogP) is 4.11. The summed E-state index contributed by atoms with van der Waals surface area (Å²) in [5.41, 5.74) is -1.32. The molecule has 0 heterocycles. The zero-order valence-electron chi connectivity index (χ0n) is 18.0. The van der Waals surface area contributed by atoms with E-state index in [9.17, 15) is 26.4 Å². The van der Waals surface area contributed by atoms with Crippen LogP contribution >= 0.6 is 11.6 Å². The van der Waals surface area contributed by atoms with E-state index in [0.717, 1.165) is 22.7 Å². The lowest BCUT2D eigenvalue weighted by Crippen LogP contribution is -2.33. The number of para-hydroxylation sites is 2. The van der Waals surface area contributed by atoms with Crippen molar-refractivity contribution in [1.82, 2.24) is 5.32 Å². The largest absolute Gasteiger partial charge is 0.493 e. The Kier molecular flexibility index (Phi) is 9.24. The second-order valence-corrected chi connectivity index (χ2v) is 9.27. The van der Waals surface area contributed by atoms with Crippen LogP contribution in [-0.2, 0) is 21.0 Å². The van der Waals surface area contributed by atoms with Gasteiger partial charge >= 0.3 is 6.18 Å². The molecule has 7 nitrogen and oxygen atoms in total. The summed E-state index contributed by atoms with van der Waals surface area (Å²) in [4.78, 5) is 12.1. The summed E-state index contributed by atoms with van der Waals surface area (Å²) >= 11 is 5.97. The Labute approximate surface area is 195 Å². The van der Waals surface area contributed by atoms with Gasteiger partial charge in [0.2, 0.25) is 15.9 Å². The molecule has 33 heavy (non-hydrogen) atoms. The summed E-state index contributed by atoms with van der Waals surface area (Å²) in [6, 6.07) is 9.47. The van der Waals surface area contributed by atoms with Gasteiger partial charge in [-0.05, 0) is 36.8 Å². The number of methoxy groups -OCH3 is 1. The van der Waals surface area contributed by atoms with Crippen LogP contribution in [0.5, 0.6) is 11.5 Å². The number of sulfonamides is 1. The van der Waals surface area contributed by atoms with Gasteiger partial charge < -0.3 is 14.8 Å². The molecule has 0 bridgehead atoms. The Hall–Kier alpha value is -2.66. The van der Waals surface area contributed by atoms with Gasteiger partial charge in [-0.3, -0.25) is 9.10 Å². The first-order chi connectivity index (χ1) is 15.4. The number of hydrogen-bond acceptors (Lipinski definition) is 5. The minimum atomic E-state index is -4.66. The van der Waals surface area contributed by atoms with Crippen molar-refractivity contribution >= 4 is 33.2 Å². The first kappa shape index (κ1) is 26.6. The molecule has 2 rings (SSSR count). The molecule has 0 saturated heterocycles. The Morgan fingerprint density at radius 3 is 2.42 bits per heavy atom. The van der Waals surface area contributed by atoms with E-state index in [1.807, 2.05) is 0 Å². The summed E-state index contributed by atoms with van der Waals surface area (Å²) in [5.74, 6) is 0.719. The van der Waals surface area contributed by atoms with Gasteiger partial charge in [-0.15, -0.1) is 0 Å². The number of rotatable bonds is 11. The number of amides is 1. The first-order valence-corrected chi connectivity index (χ1v) is 12.0. The number of carbonyl (C=O) groups excluding carboxylic acids is 1. The monoisotopic (exact) mass is 508 g/mol. The van der Waals surface area contributed by atoms with E-state index in [2.05, 4.69) is 5.32 Å². The smallest absolute Gasteiger partial charge is 0.416 e. The molecule has 182 valence electrons. The quantitative estimate of drug-likeness (QED) is 0.462. The van der Waals surface area contributed by atoms with E-state index < -0.39 is 21.8 Å². The number of anilines is 1. The minimum absolute atomic E-state index is 0.0444. The second kappa shape index (κ2) is 11.5. The lowest BCUT2D eigenvalue weighted by molar-refractivity contribution is -0.137. The molecule has 0 aliphatic carbocycles. The number of hydrogen-bond donors (Lipinski definition) is 1. The Morgan fingerprint density at radius 1 is 1.15 bits per heavy atom. The summed E-state index contributed by atoms with van der Waals surface area (Å²) in [6.45, 7) is 0.165. The summed E-state index contributed by atoms with van der Waals surface area (Å²) in [5, 5.41) is 2.49. The van der Waals surface area contributed by atoms with Gasteiger partial charge in [-0.2, -0.15) is 13.2 Å². The fourth-order valence-corrected chi connectivity index (χ4v) is 4.14. The van der Waals surface area contributed by atoms with E-state index in [-0.39, 0.29) is 49.2 Å². The number of benzene rings is 2.